The van der Waals surface area contributed by atoms with Crippen molar-refractivity contribution in [1.29, 1.82) is 0 Å². The van der Waals surface area contributed by atoms with Crippen LogP contribution in [-0.2, 0) is 0 Å². The first-order valence-corrected chi connectivity index (χ1v) is 7.10. The lowest BCUT2D eigenvalue weighted by Crippen LogP contribution is -2.03. The Morgan fingerprint density at radius 1 is 1.33 bits per heavy atom. The number of hydrogen-bond acceptors (Lipinski definition) is 1. The van der Waals surface area contributed by atoms with E-state index in [1.54, 1.807) is 12.8 Å². The predicted octanol–water partition coefficient (Wildman–Crippen LogP) is 1.82. The highest BCUT2D eigenvalue weighted by Gasteiger charge is 2.52. The summed E-state index contributed by atoms with van der Waals surface area (Å²) in [6, 6.07) is 0. The first-order chi connectivity index (χ1) is 5.87. The standard InChI is InChI=1S/C10H21NSi/c11-8-4-7-10-6-3-1-2-5-9(10)12-10/h9H,1-8,11-12H2. The van der Waals surface area contributed by atoms with E-state index in [4.69, 9.17) is 5.73 Å². The fraction of sp³-hybridized carbons (Fsp3) is 1.00. The molecule has 0 aromatic rings. The normalized spacial score (nSPS) is 42.2. The Bertz CT molecular complexity index is 160. The third-order valence-corrected chi connectivity index (χ3v) is 7.22. The zero-order valence-corrected chi connectivity index (χ0v) is 9.43. The van der Waals surface area contributed by atoms with Crippen molar-refractivity contribution in [2.24, 2.45) is 5.73 Å². The van der Waals surface area contributed by atoms with Crippen molar-refractivity contribution >= 4 is 9.52 Å². The lowest BCUT2D eigenvalue weighted by atomic mass is 9.95. The van der Waals surface area contributed by atoms with Crippen LogP contribution in [0.4, 0.5) is 0 Å². The first-order valence-electron chi connectivity index (χ1n) is 5.57. The van der Waals surface area contributed by atoms with Crippen molar-refractivity contribution in [3.05, 3.63) is 0 Å². The quantitative estimate of drug-likeness (QED) is 0.664. The van der Waals surface area contributed by atoms with Crippen LogP contribution >= 0.6 is 0 Å². The van der Waals surface area contributed by atoms with Gasteiger partial charge in [0.1, 0.15) is 0 Å². The fourth-order valence-corrected chi connectivity index (χ4v) is 5.95. The lowest BCUT2D eigenvalue weighted by Gasteiger charge is -2.14. The van der Waals surface area contributed by atoms with Gasteiger partial charge in [-0.1, -0.05) is 32.1 Å². The molecular formula is C10H21NSi. The molecule has 0 radical (unpaired) electrons. The molecule has 0 aromatic carbocycles. The minimum absolute atomic E-state index is 0.352. The zero-order valence-electron chi connectivity index (χ0n) is 8.02. The minimum atomic E-state index is 0.352. The van der Waals surface area contributed by atoms with Gasteiger partial charge in [-0.2, -0.15) is 0 Å². The number of nitrogens with two attached hydrogens (primary N) is 1. The molecule has 2 unspecified atom stereocenters. The van der Waals surface area contributed by atoms with E-state index in [0.717, 1.165) is 11.6 Å². The Hall–Kier alpha value is 0.177. The highest BCUT2D eigenvalue weighted by Crippen LogP contribution is 2.66. The molecule has 1 aliphatic heterocycles. The van der Waals surface area contributed by atoms with E-state index in [-0.39, 0.29) is 0 Å². The monoisotopic (exact) mass is 183 g/mol. The largest absolute Gasteiger partial charge is 0.330 e. The van der Waals surface area contributed by atoms with Gasteiger partial charge in [-0.25, -0.2) is 0 Å². The van der Waals surface area contributed by atoms with E-state index in [1.165, 1.54) is 37.6 Å². The summed E-state index contributed by atoms with van der Waals surface area (Å²) in [6.07, 6.45) is 10.5. The van der Waals surface area contributed by atoms with Crippen LogP contribution < -0.4 is 5.73 Å². The molecule has 1 heterocycles. The molecule has 0 bridgehead atoms. The number of rotatable bonds is 3. The van der Waals surface area contributed by atoms with Gasteiger partial charge >= 0.3 is 0 Å². The maximum atomic E-state index is 5.58. The molecule has 0 spiro atoms. The van der Waals surface area contributed by atoms with E-state index in [1.807, 2.05) is 0 Å². The molecule has 2 N–H and O–H groups in total. The Balaban J connectivity index is 1.85. The summed E-state index contributed by atoms with van der Waals surface area (Å²) in [4.78, 5) is 0. The van der Waals surface area contributed by atoms with Crippen LogP contribution in [0.3, 0.4) is 0 Å². The highest BCUT2D eigenvalue weighted by molar-refractivity contribution is 6.56. The van der Waals surface area contributed by atoms with Gasteiger partial charge in [-0.15, -0.1) is 0 Å². The summed E-state index contributed by atoms with van der Waals surface area (Å²) in [5.74, 6) is 0. The van der Waals surface area contributed by atoms with Crippen LogP contribution in [0.15, 0.2) is 0 Å². The van der Waals surface area contributed by atoms with Crippen LogP contribution in [0.25, 0.3) is 0 Å². The van der Waals surface area contributed by atoms with E-state index in [2.05, 4.69) is 0 Å². The van der Waals surface area contributed by atoms with Crippen molar-refractivity contribution in [2.45, 2.75) is 55.5 Å². The van der Waals surface area contributed by atoms with Crippen molar-refractivity contribution in [2.75, 3.05) is 6.54 Å². The van der Waals surface area contributed by atoms with Gasteiger partial charge in [0.2, 0.25) is 0 Å². The SMILES string of the molecule is NCCCC12CCCCCC1[SiH2]2. The summed E-state index contributed by atoms with van der Waals surface area (Å²) < 4.78 is 0. The fourth-order valence-electron chi connectivity index (χ4n) is 3.08. The molecule has 1 saturated heterocycles. The molecule has 2 heteroatoms. The molecule has 70 valence electrons. The lowest BCUT2D eigenvalue weighted by molar-refractivity contribution is 0.515. The van der Waals surface area contributed by atoms with Crippen molar-refractivity contribution in [3.8, 4) is 0 Å². The molecule has 12 heavy (non-hydrogen) atoms. The van der Waals surface area contributed by atoms with E-state index in [9.17, 15) is 0 Å². The van der Waals surface area contributed by atoms with E-state index in [0.29, 0.717) is 9.52 Å². The molecule has 2 atom stereocenters. The second-order valence-corrected chi connectivity index (χ2v) is 7.56. The minimum Gasteiger partial charge on any atom is -0.330 e. The first kappa shape index (κ1) is 8.76. The zero-order chi connectivity index (χ0) is 8.44. The van der Waals surface area contributed by atoms with Gasteiger partial charge in [0.25, 0.3) is 0 Å². The Morgan fingerprint density at radius 2 is 2.25 bits per heavy atom. The summed E-state index contributed by atoms with van der Waals surface area (Å²) in [6.45, 7) is 0.920. The molecule has 0 amide bonds. The molecule has 1 aliphatic carbocycles. The molecule has 1 nitrogen and oxygen atoms in total. The third-order valence-electron chi connectivity index (χ3n) is 3.96. The van der Waals surface area contributed by atoms with Gasteiger partial charge < -0.3 is 5.73 Å². The van der Waals surface area contributed by atoms with Gasteiger partial charge in [0.15, 0.2) is 0 Å². The maximum Gasteiger partial charge on any atom is 0.0305 e. The summed E-state index contributed by atoms with van der Waals surface area (Å²) in [5.41, 5.74) is 6.82. The molecule has 0 aromatic heterocycles. The molecular weight excluding hydrogens is 162 g/mol. The summed E-state index contributed by atoms with van der Waals surface area (Å²) in [7, 11) is 0.352. The topological polar surface area (TPSA) is 26.0 Å². The average Bonchev–Trinajstić information content (AvgIpc) is 2.74. The van der Waals surface area contributed by atoms with Crippen molar-refractivity contribution in [1.82, 2.24) is 0 Å². The number of hydrogen-bond donors (Lipinski definition) is 1. The van der Waals surface area contributed by atoms with Crippen molar-refractivity contribution < 1.29 is 0 Å². The Morgan fingerprint density at radius 3 is 3.08 bits per heavy atom. The van der Waals surface area contributed by atoms with Crippen LogP contribution in [0.2, 0.25) is 10.6 Å². The second-order valence-electron chi connectivity index (χ2n) is 4.75. The van der Waals surface area contributed by atoms with Gasteiger partial charge in [-0.3, -0.25) is 0 Å². The molecule has 2 aliphatic rings. The van der Waals surface area contributed by atoms with E-state index >= 15 is 0 Å². The molecule has 2 fully saturated rings. The summed E-state index contributed by atoms with van der Waals surface area (Å²) >= 11 is 0. The van der Waals surface area contributed by atoms with Gasteiger partial charge in [0, 0.05) is 9.52 Å². The smallest absolute Gasteiger partial charge is 0.0305 e. The van der Waals surface area contributed by atoms with Gasteiger partial charge in [-0.05, 0) is 30.0 Å². The molecule has 2 rings (SSSR count). The Kier molecular flexibility index (Phi) is 2.56. The van der Waals surface area contributed by atoms with Crippen LogP contribution in [-0.4, -0.2) is 16.1 Å². The Labute approximate surface area is 77.9 Å². The molecule has 1 saturated carbocycles. The maximum absolute atomic E-state index is 5.58. The predicted molar refractivity (Wildman–Crippen MR) is 56.4 cm³/mol. The van der Waals surface area contributed by atoms with Crippen LogP contribution in [0.5, 0.6) is 0 Å². The van der Waals surface area contributed by atoms with Crippen LogP contribution in [0.1, 0.15) is 44.9 Å². The van der Waals surface area contributed by atoms with Crippen LogP contribution in [0, 0.1) is 0 Å². The van der Waals surface area contributed by atoms with Crippen molar-refractivity contribution in [3.63, 3.8) is 0 Å². The second kappa shape index (κ2) is 3.50. The van der Waals surface area contributed by atoms with E-state index < -0.39 is 0 Å². The van der Waals surface area contributed by atoms with Gasteiger partial charge in [0.05, 0.1) is 0 Å². The third kappa shape index (κ3) is 1.60. The number of fused-ring (bicyclic) bond motifs is 1. The highest BCUT2D eigenvalue weighted by atomic mass is 28.2. The summed E-state index contributed by atoms with van der Waals surface area (Å²) in [5, 5.41) is 0.940. The average molecular weight is 183 g/mol.